The van der Waals surface area contributed by atoms with E-state index in [-0.39, 0.29) is 21.1 Å². The summed E-state index contributed by atoms with van der Waals surface area (Å²) in [5.74, 6) is 0. The molecule has 1 saturated heterocycles. The van der Waals surface area contributed by atoms with Crippen LogP contribution in [0.1, 0.15) is 6.42 Å². The molecule has 1 fully saturated rings. The Balaban J connectivity index is 0.000000160. The maximum absolute atomic E-state index is 4.72. The van der Waals surface area contributed by atoms with Gasteiger partial charge in [0.05, 0.1) is 0 Å². The van der Waals surface area contributed by atoms with Gasteiger partial charge in [-0.3, -0.25) is 0 Å². The molecule has 30 valence electrons. The normalized spacial score (nSPS) is 19.2. The topological polar surface area (TPSA) is 9.23 Å². The van der Waals surface area contributed by atoms with Gasteiger partial charge in [0.1, 0.15) is 0 Å². The SMILES string of the molecule is C1COC1.[Mo]. The molecular weight excluding hydrogens is 148 g/mol. The van der Waals surface area contributed by atoms with Crippen molar-refractivity contribution in [1.82, 2.24) is 0 Å². The zero-order valence-electron chi connectivity index (χ0n) is 2.94. The van der Waals surface area contributed by atoms with E-state index in [1.807, 2.05) is 0 Å². The fourth-order valence-electron chi connectivity index (χ4n) is 0.144. The molecular formula is C3H6MoO. The number of hydrogen-bond donors (Lipinski definition) is 0. The molecule has 0 aromatic carbocycles. The number of rotatable bonds is 0. The maximum Gasteiger partial charge on any atom is 0.0488 e. The predicted octanol–water partition coefficient (Wildman–Crippen LogP) is 0.404. The Kier molecular flexibility index (Phi) is 3.23. The van der Waals surface area contributed by atoms with E-state index in [1.54, 1.807) is 0 Å². The molecule has 0 radical (unpaired) electrons. The number of hydrogen-bond acceptors (Lipinski definition) is 1. The molecule has 0 aliphatic carbocycles. The third-order valence-corrected chi connectivity index (χ3v) is 0.577. The minimum absolute atomic E-state index is 0. The molecule has 0 N–H and O–H groups in total. The van der Waals surface area contributed by atoms with Crippen LogP contribution in [0, 0.1) is 0 Å². The average Bonchev–Trinajstić information content (AvgIpc) is 0.722. The van der Waals surface area contributed by atoms with Crippen molar-refractivity contribution in [3.63, 3.8) is 0 Å². The van der Waals surface area contributed by atoms with Gasteiger partial charge < -0.3 is 4.74 Å². The van der Waals surface area contributed by atoms with Crippen molar-refractivity contribution in [3.8, 4) is 0 Å². The maximum atomic E-state index is 4.72. The second-order valence-corrected chi connectivity index (χ2v) is 0.966. The third kappa shape index (κ3) is 1.51. The molecule has 1 aliphatic heterocycles. The van der Waals surface area contributed by atoms with Crippen molar-refractivity contribution in [2.24, 2.45) is 0 Å². The van der Waals surface area contributed by atoms with Crippen LogP contribution in [0.2, 0.25) is 0 Å². The van der Waals surface area contributed by atoms with Gasteiger partial charge >= 0.3 is 0 Å². The molecule has 5 heavy (non-hydrogen) atoms. The Morgan fingerprint density at radius 1 is 1.20 bits per heavy atom. The van der Waals surface area contributed by atoms with Gasteiger partial charge in [-0.25, -0.2) is 0 Å². The van der Waals surface area contributed by atoms with Gasteiger partial charge in [-0.15, -0.1) is 0 Å². The molecule has 1 aliphatic rings. The van der Waals surface area contributed by atoms with Gasteiger partial charge in [0.2, 0.25) is 0 Å². The predicted molar refractivity (Wildman–Crippen MR) is 15.4 cm³/mol. The Hall–Kier alpha value is 0.648. The molecule has 1 rings (SSSR count). The Morgan fingerprint density at radius 2 is 1.40 bits per heavy atom. The first-order valence-electron chi connectivity index (χ1n) is 1.58. The zero-order valence-corrected chi connectivity index (χ0v) is 4.94. The van der Waals surface area contributed by atoms with Crippen LogP contribution in [0.5, 0.6) is 0 Å². The van der Waals surface area contributed by atoms with E-state index in [0.717, 1.165) is 13.2 Å². The summed E-state index contributed by atoms with van der Waals surface area (Å²) < 4.78 is 4.72. The van der Waals surface area contributed by atoms with Crippen molar-refractivity contribution in [2.75, 3.05) is 13.2 Å². The van der Waals surface area contributed by atoms with Crippen LogP contribution < -0.4 is 0 Å². The van der Waals surface area contributed by atoms with Gasteiger partial charge in [-0.2, -0.15) is 0 Å². The number of ether oxygens (including phenoxy) is 1. The molecule has 0 unspecified atom stereocenters. The molecule has 0 spiro atoms. The van der Waals surface area contributed by atoms with Crippen LogP contribution in [0.25, 0.3) is 0 Å². The molecule has 1 nitrogen and oxygen atoms in total. The quantitative estimate of drug-likeness (QED) is 0.459. The molecule has 0 saturated carbocycles. The van der Waals surface area contributed by atoms with Gasteiger partial charge in [-0.1, -0.05) is 0 Å². The summed E-state index contributed by atoms with van der Waals surface area (Å²) in [5.41, 5.74) is 0. The van der Waals surface area contributed by atoms with Crippen molar-refractivity contribution >= 4 is 0 Å². The van der Waals surface area contributed by atoms with Crippen LogP contribution in [0.4, 0.5) is 0 Å². The molecule has 2 heteroatoms. The van der Waals surface area contributed by atoms with Crippen LogP contribution in [-0.2, 0) is 25.8 Å². The first kappa shape index (κ1) is 5.65. The summed E-state index contributed by atoms with van der Waals surface area (Å²) >= 11 is 0. The largest absolute Gasteiger partial charge is 0.381 e. The van der Waals surface area contributed by atoms with Gasteiger partial charge in [-0.05, 0) is 6.42 Å². The summed E-state index contributed by atoms with van der Waals surface area (Å²) in [5, 5.41) is 0. The smallest absolute Gasteiger partial charge is 0.0488 e. The van der Waals surface area contributed by atoms with E-state index >= 15 is 0 Å². The van der Waals surface area contributed by atoms with E-state index in [1.165, 1.54) is 6.42 Å². The Morgan fingerprint density at radius 3 is 1.40 bits per heavy atom. The molecule has 0 aromatic heterocycles. The summed E-state index contributed by atoms with van der Waals surface area (Å²) in [6.45, 7) is 2.00. The molecule has 0 amide bonds. The van der Waals surface area contributed by atoms with Gasteiger partial charge in [0.15, 0.2) is 0 Å². The van der Waals surface area contributed by atoms with Crippen molar-refractivity contribution in [2.45, 2.75) is 6.42 Å². The van der Waals surface area contributed by atoms with Crippen LogP contribution in [-0.4, -0.2) is 13.2 Å². The van der Waals surface area contributed by atoms with Crippen molar-refractivity contribution in [1.29, 1.82) is 0 Å². The first-order valence-corrected chi connectivity index (χ1v) is 1.58. The van der Waals surface area contributed by atoms with E-state index in [9.17, 15) is 0 Å². The van der Waals surface area contributed by atoms with Gasteiger partial charge in [0.25, 0.3) is 0 Å². The molecule has 0 atom stereocenters. The zero-order chi connectivity index (χ0) is 2.83. The van der Waals surface area contributed by atoms with Crippen molar-refractivity contribution in [3.05, 3.63) is 0 Å². The summed E-state index contributed by atoms with van der Waals surface area (Å²) in [6, 6.07) is 0. The second kappa shape index (κ2) is 2.86. The molecule has 0 bridgehead atoms. The summed E-state index contributed by atoms with van der Waals surface area (Å²) in [7, 11) is 0. The standard InChI is InChI=1S/C3H6O.Mo/c1-2-4-3-1;/h1-3H2;. The Labute approximate surface area is 46.0 Å². The Bertz CT molecular complexity index is 14.9. The monoisotopic (exact) mass is 156 g/mol. The summed E-state index contributed by atoms with van der Waals surface area (Å²) in [4.78, 5) is 0. The van der Waals surface area contributed by atoms with Crippen LogP contribution >= 0.6 is 0 Å². The van der Waals surface area contributed by atoms with Crippen LogP contribution in [0.3, 0.4) is 0 Å². The van der Waals surface area contributed by atoms with E-state index in [4.69, 9.17) is 4.74 Å². The van der Waals surface area contributed by atoms with E-state index in [0.29, 0.717) is 0 Å². The fourth-order valence-corrected chi connectivity index (χ4v) is 0.144. The minimum atomic E-state index is 0. The van der Waals surface area contributed by atoms with Crippen LogP contribution in [0.15, 0.2) is 0 Å². The fraction of sp³-hybridized carbons (Fsp3) is 1.00. The third-order valence-electron chi connectivity index (χ3n) is 0.577. The first-order chi connectivity index (χ1) is 2.00. The van der Waals surface area contributed by atoms with Crippen molar-refractivity contribution < 1.29 is 25.8 Å². The second-order valence-electron chi connectivity index (χ2n) is 0.966. The minimum Gasteiger partial charge on any atom is -0.381 e. The molecule has 1 heterocycles. The average molecular weight is 154 g/mol. The molecule has 0 aromatic rings. The van der Waals surface area contributed by atoms with Gasteiger partial charge in [0, 0.05) is 34.3 Å². The summed E-state index contributed by atoms with van der Waals surface area (Å²) in [6.07, 6.45) is 1.28. The van der Waals surface area contributed by atoms with E-state index in [2.05, 4.69) is 0 Å². The van der Waals surface area contributed by atoms with E-state index < -0.39 is 0 Å².